The van der Waals surface area contributed by atoms with Crippen LogP contribution in [0.2, 0.25) is 0 Å². The molecule has 2 aliphatic carbocycles. The molecule has 0 radical (unpaired) electrons. The third kappa shape index (κ3) is 3.15. The van der Waals surface area contributed by atoms with Gasteiger partial charge in [0.1, 0.15) is 0 Å². The Hall–Kier alpha value is -1.60. The Bertz CT molecular complexity index is 671. The first-order valence-electron chi connectivity index (χ1n) is 9.68. The molecule has 1 aromatic rings. The molecule has 0 N–H and O–H groups in total. The van der Waals surface area contributed by atoms with Crippen LogP contribution in [0.15, 0.2) is 59.7 Å². The third-order valence-corrected chi connectivity index (χ3v) is 6.03. The molecule has 126 valence electrons. The van der Waals surface area contributed by atoms with Crippen molar-refractivity contribution in [2.75, 3.05) is 13.1 Å². The Kier molecular flexibility index (Phi) is 4.71. The van der Waals surface area contributed by atoms with Gasteiger partial charge >= 0.3 is 0 Å². The molecule has 1 unspecified atom stereocenters. The van der Waals surface area contributed by atoms with Crippen molar-refractivity contribution >= 4 is 0 Å². The molecule has 1 nitrogen and oxygen atoms in total. The van der Waals surface area contributed by atoms with Gasteiger partial charge in [0.25, 0.3) is 0 Å². The molecule has 3 aliphatic rings. The van der Waals surface area contributed by atoms with Crippen LogP contribution < -0.4 is 0 Å². The molecule has 1 saturated heterocycles. The minimum Gasteiger partial charge on any atom is -0.293 e. The van der Waals surface area contributed by atoms with Gasteiger partial charge in [0, 0.05) is 0 Å². The third-order valence-electron chi connectivity index (χ3n) is 6.03. The molecule has 1 heterocycles. The Morgan fingerprint density at radius 1 is 0.958 bits per heavy atom. The summed E-state index contributed by atoms with van der Waals surface area (Å²) in [5.41, 5.74) is 6.38. The molecule has 1 aromatic carbocycles. The van der Waals surface area contributed by atoms with Crippen molar-refractivity contribution in [3.05, 3.63) is 70.8 Å². The van der Waals surface area contributed by atoms with E-state index < -0.39 is 0 Å². The first kappa shape index (κ1) is 15.9. The van der Waals surface area contributed by atoms with Gasteiger partial charge in [-0.05, 0) is 79.8 Å². The van der Waals surface area contributed by atoms with Crippen molar-refractivity contribution in [2.24, 2.45) is 5.92 Å². The smallest absolute Gasteiger partial charge is 0.0572 e. The van der Waals surface area contributed by atoms with E-state index in [4.69, 9.17) is 0 Å². The summed E-state index contributed by atoms with van der Waals surface area (Å²) in [4.78, 5) is 2.77. The predicted molar refractivity (Wildman–Crippen MR) is 102 cm³/mol. The van der Waals surface area contributed by atoms with E-state index in [1.54, 1.807) is 22.3 Å². The molecular weight excluding hydrogens is 290 g/mol. The number of allylic oxidation sites excluding steroid dienone is 5. The predicted octanol–water partition coefficient (Wildman–Crippen LogP) is 5.61. The van der Waals surface area contributed by atoms with Crippen molar-refractivity contribution < 1.29 is 0 Å². The number of fused-ring (bicyclic) bond motifs is 1. The summed E-state index contributed by atoms with van der Waals surface area (Å²) in [6.45, 7) is 4.89. The van der Waals surface area contributed by atoms with Gasteiger partial charge in [-0.25, -0.2) is 0 Å². The van der Waals surface area contributed by atoms with Crippen LogP contribution in [0.3, 0.4) is 0 Å². The summed E-state index contributed by atoms with van der Waals surface area (Å²) < 4.78 is 0. The van der Waals surface area contributed by atoms with Crippen molar-refractivity contribution in [1.29, 1.82) is 0 Å². The highest BCUT2D eigenvalue weighted by Gasteiger charge is 2.31. The SMILES string of the molecule is CC1CCN(C2C3=C(/C=C\C/C=C\C3)CCc3ccccc32)CC1. The average Bonchev–Trinajstić information content (AvgIpc) is 2.73. The highest BCUT2D eigenvalue weighted by Crippen LogP contribution is 2.41. The summed E-state index contributed by atoms with van der Waals surface area (Å²) in [6, 6.07) is 9.68. The highest BCUT2D eigenvalue weighted by atomic mass is 15.2. The van der Waals surface area contributed by atoms with Crippen molar-refractivity contribution in [2.45, 2.75) is 51.5 Å². The van der Waals surface area contributed by atoms with E-state index in [2.05, 4.69) is 60.4 Å². The second-order valence-electron chi connectivity index (χ2n) is 7.68. The molecule has 0 bridgehead atoms. The Balaban J connectivity index is 1.79. The molecule has 1 heteroatoms. The fourth-order valence-corrected chi connectivity index (χ4v) is 4.55. The molecular formula is C23H29N. The second kappa shape index (κ2) is 7.11. The lowest BCUT2D eigenvalue weighted by molar-refractivity contribution is 0.154. The fourth-order valence-electron chi connectivity index (χ4n) is 4.55. The van der Waals surface area contributed by atoms with Gasteiger partial charge in [0.05, 0.1) is 6.04 Å². The Morgan fingerprint density at radius 2 is 1.79 bits per heavy atom. The van der Waals surface area contributed by atoms with Gasteiger partial charge in [0.2, 0.25) is 0 Å². The zero-order valence-corrected chi connectivity index (χ0v) is 14.9. The van der Waals surface area contributed by atoms with Gasteiger partial charge in [-0.2, -0.15) is 0 Å². The van der Waals surface area contributed by atoms with Gasteiger partial charge in [-0.15, -0.1) is 0 Å². The van der Waals surface area contributed by atoms with Gasteiger partial charge in [-0.1, -0.05) is 55.5 Å². The van der Waals surface area contributed by atoms with Gasteiger partial charge in [0.15, 0.2) is 0 Å². The van der Waals surface area contributed by atoms with E-state index in [0.717, 1.165) is 18.8 Å². The first-order valence-corrected chi connectivity index (χ1v) is 9.68. The lowest BCUT2D eigenvalue weighted by Crippen LogP contribution is -2.37. The standard InChI is InChI=1S/C23H29N/c1-18-14-16-24(17-15-18)23-21-10-5-3-2-4-8-19(21)12-13-20-9-6-7-11-22(20)23/h3-9,11,18,23H,2,10,12-17H2,1H3/b5-3-,8-4-. The maximum Gasteiger partial charge on any atom is 0.0572 e. The average molecular weight is 319 g/mol. The molecule has 4 rings (SSSR count). The maximum atomic E-state index is 2.77. The topological polar surface area (TPSA) is 3.24 Å². The maximum absolute atomic E-state index is 2.77. The van der Waals surface area contributed by atoms with E-state index in [1.807, 2.05) is 0 Å². The number of piperidine rings is 1. The second-order valence-corrected chi connectivity index (χ2v) is 7.68. The van der Waals surface area contributed by atoms with Crippen LogP contribution in [0.1, 0.15) is 56.2 Å². The van der Waals surface area contributed by atoms with Crippen LogP contribution >= 0.6 is 0 Å². The monoisotopic (exact) mass is 319 g/mol. The summed E-state index contributed by atoms with van der Waals surface area (Å²) in [7, 11) is 0. The molecule has 0 amide bonds. The van der Waals surface area contributed by atoms with E-state index >= 15 is 0 Å². The minimum atomic E-state index is 0.485. The Morgan fingerprint density at radius 3 is 2.67 bits per heavy atom. The fraction of sp³-hybridized carbons (Fsp3) is 0.478. The number of aryl methyl sites for hydroxylation is 1. The highest BCUT2D eigenvalue weighted by molar-refractivity contribution is 5.44. The molecule has 0 saturated carbocycles. The summed E-state index contributed by atoms with van der Waals surface area (Å²) >= 11 is 0. The summed E-state index contributed by atoms with van der Waals surface area (Å²) in [5, 5.41) is 0. The summed E-state index contributed by atoms with van der Waals surface area (Å²) in [5.74, 6) is 0.882. The first-order chi connectivity index (χ1) is 11.8. The lowest BCUT2D eigenvalue weighted by atomic mass is 9.87. The number of nitrogens with zero attached hydrogens (tertiary/aromatic N) is 1. The lowest BCUT2D eigenvalue weighted by Gasteiger charge is -2.39. The van der Waals surface area contributed by atoms with E-state index in [9.17, 15) is 0 Å². The Labute approximate surface area is 146 Å². The molecule has 24 heavy (non-hydrogen) atoms. The number of hydrogen-bond donors (Lipinski definition) is 0. The van der Waals surface area contributed by atoms with Crippen LogP contribution in [0, 0.1) is 5.92 Å². The molecule has 0 spiro atoms. The summed E-state index contributed by atoms with van der Waals surface area (Å²) in [6.07, 6.45) is 16.7. The molecule has 1 fully saturated rings. The van der Waals surface area contributed by atoms with Crippen LogP contribution in [0.5, 0.6) is 0 Å². The van der Waals surface area contributed by atoms with Crippen LogP contribution in [0.4, 0.5) is 0 Å². The number of benzene rings is 1. The minimum absolute atomic E-state index is 0.485. The number of hydrogen-bond acceptors (Lipinski definition) is 1. The quantitative estimate of drug-likeness (QED) is 0.608. The normalized spacial score (nSPS) is 28.3. The van der Waals surface area contributed by atoms with E-state index in [1.165, 1.54) is 38.8 Å². The van der Waals surface area contributed by atoms with Crippen molar-refractivity contribution in [1.82, 2.24) is 4.90 Å². The van der Waals surface area contributed by atoms with Crippen LogP contribution in [-0.2, 0) is 6.42 Å². The molecule has 1 aliphatic heterocycles. The van der Waals surface area contributed by atoms with E-state index in [0.29, 0.717) is 6.04 Å². The largest absolute Gasteiger partial charge is 0.293 e. The zero-order valence-electron chi connectivity index (χ0n) is 14.9. The number of rotatable bonds is 1. The molecule has 1 atom stereocenters. The van der Waals surface area contributed by atoms with Crippen molar-refractivity contribution in [3.63, 3.8) is 0 Å². The van der Waals surface area contributed by atoms with Crippen LogP contribution in [0.25, 0.3) is 0 Å². The number of likely N-dealkylation sites (tertiary alicyclic amines) is 1. The molecule has 0 aromatic heterocycles. The van der Waals surface area contributed by atoms with Crippen LogP contribution in [-0.4, -0.2) is 18.0 Å². The van der Waals surface area contributed by atoms with Gasteiger partial charge in [-0.3, -0.25) is 4.90 Å². The van der Waals surface area contributed by atoms with E-state index in [-0.39, 0.29) is 0 Å². The van der Waals surface area contributed by atoms with Crippen molar-refractivity contribution in [3.8, 4) is 0 Å². The zero-order chi connectivity index (χ0) is 16.4. The van der Waals surface area contributed by atoms with Gasteiger partial charge < -0.3 is 0 Å².